The fourth-order valence-electron chi connectivity index (χ4n) is 0.900. The molecule has 0 aliphatic carbocycles. The van der Waals surface area contributed by atoms with Gasteiger partial charge in [-0.3, -0.25) is 10.1 Å². The monoisotopic (exact) mass is 183 g/mol. The van der Waals surface area contributed by atoms with E-state index in [1.807, 2.05) is 11.6 Å². The van der Waals surface area contributed by atoms with Crippen LogP contribution in [0.1, 0.15) is 12.6 Å². The van der Waals surface area contributed by atoms with Gasteiger partial charge in [0.05, 0.1) is 12.0 Å². The molecular weight excluding hydrogens is 170 g/mol. The Bertz CT molecular complexity index is 295. The molecule has 1 aromatic heterocycles. The summed E-state index contributed by atoms with van der Waals surface area (Å²) in [7, 11) is 1.87. The first-order valence-electron chi connectivity index (χ1n) is 4.02. The zero-order chi connectivity index (χ0) is 9.84. The molecule has 0 aromatic carbocycles. The number of aliphatic carboxylic acids is 1. The van der Waals surface area contributed by atoms with E-state index in [4.69, 9.17) is 5.11 Å². The minimum atomic E-state index is -0.845. The second-order valence-electron chi connectivity index (χ2n) is 2.94. The first kappa shape index (κ1) is 9.73. The number of carboxylic acids is 1. The van der Waals surface area contributed by atoms with E-state index in [9.17, 15) is 4.79 Å². The van der Waals surface area contributed by atoms with Gasteiger partial charge < -0.3 is 9.67 Å². The maximum atomic E-state index is 10.5. The number of hydrogen-bond acceptors (Lipinski definition) is 3. The van der Waals surface area contributed by atoms with Crippen LogP contribution >= 0.6 is 0 Å². The predicted octanol–water partition coefficient (Wildman–Crippen LogP) is -0.0172. The Balaban J connectivity index is 2.44. The molecule has 5 heteroatoms. The first-order valence-corrected chi connectivity index (χ1v) is 4.02. The molecule has 0 spiro atoms. The SMILES string of the molecule is C[C@@H](NCc1cncn1C)C(=O)O. The smallest absolute Gasteiger partial charge is 0.320 e. The van der Waals surface area contributed by atoms with Crippen LogP contribution in [0.25, 0.3) is 0 Å². The molecule has 0 saturated carbocycles. The molecular formula is C8H13N3O2. The normalized spacial score (nSPS) is 12.8. The second kappa shape index (κ2) is 4.04. The second-order valence-corrected chi connectivity index (χ2v) is 2.94. The third-order valence-corrected chi connectivity index (χ3v) is 1.88. The number of aryl methyl sites for hydroxylation is 1. The highest BCUT2D eigenvalue weighted by molar-refractivity contribution is 5.72. The van der Waals surface area contributed by atoms with Gasteiger partial charge in [0.2, 0.25) is 0 Å². The molecule has 13 heavy (non-hydrogen) atoms. The molecule has 0 aliphatic heterocycles. The summed E-state index contributed by atoms with van der Waals surface area (Å²) in [4.78, 5) is 14.4. The molecule has 0 unspecified atom stereocenters. The van der Waals surface area contributed by atoms with Gasteiger partial charge in [-0.05, 0) is 6.92 Å². The summed E-state index contributed by atoms with van der Waals surface area (Å²) >= 11 is 0. The van der Waals surface area contributed by atoms with Gasteiger partial charge in [0.25, 0.3) is 0 Å². The number of carboxylic acid groups (broad SMARTS) is 1. The van der Waals surface area contributed by atoms with Gasteiger partial charge in [0.1, 0.15) is 6.04 Å². The topological polar surface area (TPSA) is 67.2 Å². The number of rotatable bonds is 4. The number of nitrogens with one attached hydrogen (secondary N) is 1. The highest BCUT2D eigenvalue weighted by atomic mass is 16.4. The van der Waals surface area contributed by atoms with Gasteiger partial charge in [-0.15, -0.1) is 0 Å². The van der Waals surface area contributed by atoms with Crippen molar-refractivity contribution in [3.05, 3.63) is 18.2 Å². The Labute approximate surface area is 76.4 Å². The molecule has 0 aliphatic rings. The Hall–Kier alpha value is -1.36. The van der Waals surface area contributed by atoms with Gasteiger partial charge in [-0.1, -0.05) is 0 Å². The molecule has 0 bridgehead atoms. The quantitative estimate of drug-likeness (QED) is 0.688. The summed E-state index contributed by atoms with van der Waals surface area (Å²) in [5.41, 5.74) is 0.966. The molecule has 0 saturated heterocycles. The van der Waals surface area contributed by atoms with E-state index in [2.05, 4.69) is 10.3 Å². The van der Waals surface area contributed by atoms with Crippen LogP contribution in [-0.2, 0) is 18.4 Å². The summed E-state index contributed by atoms with van der Waals surface area (Å²) in [5.74, 6) is -0.845. The third kappa shape index (κ3) is 2.55. The molecule has 2 N–H and O–H groups in total. The number of nitrogens with zero attached hydrogens (tertiary/aromatic N) is 2. The zero-order valence-electron chi connectivity index (χ0n) is 7.69. The summed E-state index contributed by atoms with van der Waals surface area (Å²) in [6.07, 6.45) is 3.39. The van der Waals surface area contributed by atoms with Crippen molar-refractivity contribution in [3.63, 3.8) is 0 Å². The summed E-state index contributed by atoms with van der Waals surface area (Å²) in [6, 6.07) is -0.532. The van der Waals surface area contributed by atoms with Gasteiger partial charge >= 0.3 is 5.97 Å². The lowest BCUT2D eigenvalue weighted by Gasteiger charge is -2.08. The van der Waals surface area contributed by atoms with Crippen LogP contribution in [0.4, 0.5) is 0 Å². The van der Waals surface area contributed by atoms with Crippen molar-refractivity contribution in [1.82, 2.24) is 14.9 Å². The number of imidazole rings is 1. The van der Waals surface area contributed by atoms with E-state index >= 15 is 0 Å². The van der Waals surface area contributed by atoms with E-state index in [-0.39, 0.29) is 0 Å². The van der Waals surface area contributed by atoms with Crippen molar-refractivity contribution >= 4 is 5.97 Å². The van der Waals surface area contributed by atoms with Crippen molar-refractivity contribution in [3.8, 4) is 0 Å². The predicted molar refractivity (Wildman–Crippen MR) is 47.1 cm³/mol. The van der Waals surface area contributed by atoms with Gasteiger partial charge in [0, 0.05) is 19.8 Å². The highest BCUT2D eigenvalue weighted by Crippen LogP contribution is 1.95. The average molecular weight is 183 g/mol. The molecule has 0 amide bonds. The van der Waals surface area contributed by atoms with Crippen LogP contribution in [0.15, 0.2) is 12.5 Å². The molecule has 0 radical (unpaired) electrons. The van der Waals surface area contributed by atoms with Gasteiger partial charge in [0.15, 0.2) is 0 Å². The maximum Gasteiger partial charge on any atom is 0.320 e. The van der Waals surface area contributed by atoms with Crippen LogP contribution in [0.3, 0.4) is 0 Å². The van der Waals surface area contributed by atoms with Crippen LogP contribution in [0.2, 0.25) is 0 Å². The molecule has 1 heterocycles. The van der Waals surface area contributed by atoms with Crippen molar-refractivity contribution in [2.24, 2.45) is 7.05 Å². The molecule has 1 atom stereocenters. The van der Waals surface area contributed by atoms with E-state index < -0.39 is 12.0 Å². The minimum Gasteiger partial charge on any atom is -0.480 e. The van der Waals surface area contributed by atoms with Crippen molar-refractivity contribution < 1.29 is 9.90 Å². The Morgan fingerprint density at radius 2 is 2.54 bits per heavy atom. The summed E-state index contributed by atoms with van der Waals surface area (Å²) in [6.45, 7) is 2.13. The summed E-state index contributed by atoms with van der Waals surface area (Å²) < 4.78 is 1.85. The Kier molecular flexibility index (Phi) is 3.02. The lowest BCUT2D eigenvalue weighted by atomic mass is 10.3. The van der Waals surface area contributed by atoms with Crippen molar-refractivity contribution in [1.29, 1.82) is 0 Å². The first-order chi connectivity index (χ1) is 6.11. The third-order valence-electron chi connectivity index (χ3n) is 1.88. The maximum absolute atomic E-state index is 10.5. The minimum absolute atomic E-state index is 0.518. The summed E-state index contributed by atoms with van der Waals surface area (Å²) in [5, 5.41) is 11.5. The standard InChI is InChI=1S/C8H13N3O2/c1-6(8(12)13)10-4-7-3-9-5-11(7)2/h3,5-6,10H,4H2,1-2H3,(H,12,13)/t6-/m1/s1. The molecule has 1 aromatic rings. The van der Waals surface area contributed by atoms with Crippen molar-refractivity contribution in [2.45, 2.75) is 19.5 Å². The van der Waals surface area contributed by atoms with E-state index in [1.165, 1.54) is 0 Å². The highest BCUT2D eigenvalue weighted by Gasteiger charge is 2.09. The van der Waals surface area contributed by atoms with Crippen molar-refractivity contribution in [2.75, 3.05) is 0 Å². The fourth-order valence-corrected chi connectivity index (χ4v) is 0.900. The molecule has 5 nitrogen and oxygen atoms in total. The van der Waals surface area contributed by atoms with Crippen LogP contribution in [0.5, 0.6) is 0 Å². The van der Waals surface area contributed by atoms with Crippen LogP contribution < -0.4 is 5.32 Å². The van der Waals surface area contributed by atoms with E-state index in [1.54, 1.807) is 19.4 Å². The number of carbonyl (C=O) groups is 1. The zero-order valence-corrected chi connectivity index (χ0v) is 7.69. The number of aromatic nitrogens is 2. The number of hydrogen-bond donors (Lipinski definition) is 2. The average Bonchev–Trinajstić information content (AvgIpc) is 2.47. The van der Waals surface area contributed by atoms with Crippen LogP contribution in [-0.4, -0.2) is 26.7 Å². The largest absolute Gasteiger partial charge is 0.480 e. The van der Waals surface area contributed by atoms with Gasteiger partial charge in [-0.2, -0.15) is 0 Å². The molecule has 0 fully saturated rings. The van der Waals surface area contributed by atoms with E-state index in [0.717, 1.165) is 5.69 Å². The van der Waals surface area contributed by atoms with Gasteiger partial charge in [-0.25, -0.2) is 4.98 Å². The van der Waals surface area contributed by atoms with E-state index in [0.29, 0.717) is 6.54 Å². The Morgan fingerprint density at radius 3 is 3.00 bits per heavy atom. The molecule has 72 valence electrons. The Morgan fingerprint density at radius 1 is 1.85 bits per heavy atom. The fraction of sp³-hybridized carbons (Fsp3) is 0.500. The lowest BCUT2D eigenvalue weighted by Crippen LogP contribution is -2.33. The van der Waals surface area contributed by atoms with Crippen LogP contribution in [0, 0.1) is 0 Å². The molecule has 1 rings (SSSR count). The lowest BCUT2D eigenvalue weighted by molar-refractivity contribution is -0.139.